The standard InChI is InChI=1S/C19H28O8.C16H18N3S.C9H5Cl2NO.ClH/c1-10-4-5-13-11(2)16(23-15(22)7-6-14(20)21)24-17-19(13)12(10)8-9-18(3,25-17)26-27-19;1-18(2)11-5-7-13-15(9-11)20-16-10-12(19(3)4)6-8-14(16)17-13;10-6-4-7(11)9(13)8-5(6)2-1-3-12-8;/h10-13,16-17H,4-9H2,1-3H3,(H,20,21);5-10H,1-4H3;1-4,13H;1H/q;+1;;/t10-,11-,12+,13+,16-,17-,18-,19-;;;/m1.../s1. The number of esters is 1. The Morgan fingerprint density at radius 3 is 2.49 bits per heavy atom. The number of fused-ring (bicyclic) bond motifs is 5. The fraction of sp³-hybridized carbons (Fsp3) is 0.477. The molecule has 1 spiro atoms. The van der Waals surface area contributed by atoms with Crippen molar-refractivity contribution in [3.05, 3.63) is 76.2 Å². The molecule has 4 saturated heterocycles. The van der Waals surface area contributed by atoms with Crippen molar-refractivity contribution in [1.82, 2.24) is 14.5 Å². The van der Waals surface area contributed by atoms with Gasteiger partial charge in [-0.05, 0) is 80.5 Å². The second-order valence-electron chi connectivity index (χ2n) is 16.6. The highest BCUT2D eigenvalue weighted by molar-refractivity contribution is 7.21. The van der Waals surface area contributed by atoms with Gasteiger partial charge in [-0.15, -0.1) is 23.7 Å². The van der Waals surface area contributed by atoms with E-state index in [9.17, 15) is 14.7 Å². The molecule has 13 nitrogen and oxygen atoms in total. The summed E-state index contributed by atoms with van der Waals surface area (Å²) < 4.78 is 21.1. The first-order valence-electron chi connectivity index (χ1n) is 20.0. The van der Waals surface area contributed by atoms with Crippen LogP contribution in [0.5, 0.6) is 5.75 Å². The maximum absolute atomic E-state index is 12.1. The van der Waals surface area contributed by atoms with E-state index in [4.69, 9.17) is 57.3 Å². The van der Waals surface area contributed by atoms with Crippen LogP contribution in [0.25, 0.3) is 31.7 Å². The Labute approximate surface area is 374 Å². The van der Waals surface area contributed by atoms with Crippen LogP contribution in [0.3, 0.4) is 0 Å². The van der Waals surface area contributed by atoms with E-state index in [0.29, 0.717) is 28.3 Å². The van der Waals surface area contributed by atoms with Gasteiger partial charge in [0.2, 0.25) is 17.4 Å². The summed E-state index contributed by atoms with van der Waals surface area (Å²) in [4.78, 5) is 46.6. The Bertz CT molecular complexity index is 2450. The number of carbonyl (C=O) groups is 2. The van der Waals surface area contributed by atoms with E-state index in [0.717, 1.165) is 30.5 Å². The largest absolute Gasteiger partial charge is 0.504 e. The average Bonchev–Trinajstić information content (AvgIpc) is 3.45. The zero-order chi connectivity index (χ0) is 43.1. The third kappa shape index (κ3) is 9.57. The lowest BCUT2D eigenvalue weighted by molar-refractivity contribution is -0.576. The quantitative estimate of drug-likeness (QED) is 0.0751. The number of pyridine rings is 1. The van der Waals surface area contributed by atoms with Crippen LogP contribution in [0, 0.1) is 23.7 Å². The number of hydrogen-bond acceptors (Lipinski definition) is 12. The van der Waals surface area contributed by atoms with E-state index < -0.39 is 35.9 Å². The van der Waals surface area contributed by atoms with E-state index >= 15 is 0 Å². The predicted molar refractivity (Wildman–Crippen MR) is 238 cm³/mol. The SMILES string of the molecule is CN(C)c1ccc2nc3ccc(=[N+](C)C)cc-3sc2c1.C[C@H]1[C@H](OC(=O)CCC(=O)O)O[C@@H]2O[C@@]3(C)CC[C@H]4[C@H](C)CC[C@@H]1[C@@]24OO3.Cl.Oc1c(Cl)cc(Cl)c2cccnc12. The fourth-order valence-corrected chi connectivity index (χ4v) is 10.3. The number of carboxylic acids is 1. The number of anilines is 1. The summed E-state index contributed by atoms with van der Waals surface area (Å²) in [6.45, 7) is 6.06. The molecule has 1 aromatic heterocycles. The number of aromatic nitrogens is 2. The van der Waals surface area contributed by atoms with Crippen molar-refractivity contribution in [3.8, 4) is 16.3 Å². The monoisotopic (exact) mass is 917 g/mol. The normalized spacial score (nSPS) is 27.3. The van der Waals surface area contributed by atoms with Gasteiger partial charge in [0.05, 0.1) is 43.7 Å². The van der Waals surface area contributed by atoms with Gasteiger partial charge in [-0.3, -0.25) is 14.6 Å². The highest BCUT2D eigenvalue weighted by Gasteiger charge is 2.69. The molecule has 10 rings (SSSR count). The molecule has 61 heavy (non-hydrogen) atoms. The number of halogens is 3. The average molecular weight is 919 g/mol. The number of rotatable bonds is 5. The Balaban J connectivity index is 0.000000161. The van der Waals surface area contributed by atoms with Crippen LogP contribution in [0.1, 0.15) is 59.3 Å². The van der Waals surface area contributed by atoms with Gasteiger partial charge < -0.3 is 29.3 Å². The van der Waals surface area contributed by atoms with Gasteiger partial charge in [0.1, 0.15) is 19.6 Å². The minimum Gasteiger partial charge on any atom is -0.504 e. The van der Waals surface area contributed by atoms with Crippen molar-refractivity contribution in [2.24, 2.45) is 23.7 Å². The molecule has 328 valence electrons. The van der Waals surface area contributed by atoms with Crippen LogP contribution in [-0.4, -0.2) is 84.3 Å². The number of carboxylic acid groups (broad SMARTS) is 1. The molecule has 6 heterocycles. The Hall–Kier alpha value is -3.86. The number of hydrogen-bond donors (Lipinski definition) is 2. The minimum absolute atomic E-state index is 0. The molecule has 3 aromatic rings. The van der Waals surface area contributed by atoms with Gasteiger partial charge in [0, 0.05) is 61.8 Å². The zero-order valence-corrected chi connectivity index (χ0v) is 38.2. The topological polar surface area (TPSA) is 153 Å². The lowest BCUT2D eigenvalue weighted by Gasteiger charge is -2.59. The maximum atomic E-state index is 12.1. The summed E-state index contributed by atoms with van der Waals surface area (Å²) in [5.41, 5.74) is 3.06. The Morgan fingerprint density at radius 2 is 1.77 bits per heavy atom. The summed E-state index contributed by atoms with van der Waals surface area (Å²) >= 11 is 13.4. The molecule has 2 aromatic carbocycles. The number of benzene rings is 3. The molecule has 1 saturated carbocycles. The van der Waals surface area contributed by atoms with Crippen molar-refractivity contribution in [2.45, 2.75) is 83.3 Å². The molecule has 0 unspecified atom stereocenters. The third-order valence-electron chi connectivity index (χ3n) is 12.0. The zero-order valence-electron chi connectivity index (χ0n) is 35.1. The van der Waals surface area contributed by atoms with Crippen LogP contribution < -0.4 is 14.8 Å². The lowest BCUT2D eigenvalue weighted by atomic mass is 9.58. The Kier molecular flexibility index (Phi) is 14.4. The number of phenols is 1. The summed E-state index contributed by atoms with van der Waals surface area (Å²) in [7, 11) is 8.24. The molecule has 5 fully saturated rings. The molecule has 2 bridgehead atoms. The smallest absolute Gasteiger partial charge is 0.308 e. The summed E-state index contributed by atoms with van der Waals surface area (Å²) in [5, 5.41) is 20.9. The van der Waals surface area contributed by atoms with E-state index in [1.54, 1.807) is 29.7 Å². The first kappa shape index (κ1) is 46.6. The van der Waals surface area contributed by atoms with Crippen molar-refractivity contribution in [1.29, 1.82) is 0 Å². The second-order valence-corrected chi connectivity index (χ2v) is 18.5. The van der Waals surface area contributed by atoms with Crippen LogP contribution in [0.4, 0.5) is 5.69 Å². The lowest BCUT2D eigenvalue weighted by Crippen LogP contribution is -2.70. The van der Waals surface area contributed by atoms with Crippen LogP contribution in [0.2, 0.25) is 10.0 Å². The molecule has 0 amide bonds. The molecular weight excluding hydrogens is 867 g/mol. The highest BCUT2D eigenvalue weighted by atomic mass is 35.5. The summed E-state index contributed by atoms with van der Waals surface area (Å²) in [6, 6.07) is 17.9. The summed E-state index contributed by atoms with van der Waals surface area (Å²) in [5.74, 6) is -1.85. The van der Waals surface area contributed by atoms with Gasteiger partial charge in [-0.25, -0.2) is 19.3 Å². The van der Waals surface area contributed by atoms with Gasteiger partial charge in [0.15, 0.2) is 17.6 Å². The predicted octanol–water partition coefficient (Wildman–Crippen LogP) is 8.77. The molecule has 7 aliphatic rings. The van der Waals surface area contributed by atoms with Crippen molar-refractivity contribution >= 4 is 85.7 Å². The van der Waals surface area contributed by atoms with Crippen molar-refractivity contribution < 1.29 is 43.8 Å². The third-order valence-corrected chi connectivity index (χ3v) is 13.7. The van der Waals surface area contributed by atoms with Gasteiger partial charge >= 0.3 is 11.9 Å². The highest BCUT2D eigenvalue weighted by Crippen LogP contribution is 2.60. The molecule has 5 aliphatic heterocycles. The number of ether oxygens (including phenoxy) is 3. The molecule has 2 N–H and O–H groups in total. The molecular formula is C44H52Cl3N4O9S+. The van der Waals surface area contributed by atoms with E-state index in [-0.39, 0.29) is 53.8 Å². The van der Waals surface area contributed by atoms with Crippen molar-refractivity contribution in [3.63, 3.8) is 0 Å². The number of phenolic OH excluding ortho intramolecular Hbond substituents is 1. The van der Waals surface area contributed by atoms with Gasteiger partial charge in [-0.2, -0.15) is 0 Å². The molecule has 17 heteroatoms. The maximum Gasteiger partial charge on any atom is 0.308 e. The van der Waals surface area contributed by atoms with Gasteiger partial charge in [0.25, 0.3) is 0 Å². The van der Waals surface area contributed by atoms with E-state index in [1.807, 2.05) is 13.8 Å². The van der Waals surface area contributed by atoms with E-state index in [1.165, 1.54) is 26.7 Å². The fourth-order valence-electron chi connectivity index (χ4n) is 8.72. The number of nitrogens with zero attached hydrogens (tertiary/aromatic N) is 4. The number of aliphatic carboxylic acids is 1. The van der Waals surface area contributed by atoms with Crippen molar-refractivity contribution in [2.75, 3.05) is 33.1 Å². The number of aromatic hydroxyl groups is 1. The Morgan fingerprint density at radius 1 is 1.00 bits per heavy atom. The van der Waals surface area contributed by atoms with Crippen LogP contribution in [-0.2, 0) is 33.6 Å². The molecule has 0 radical (unpaired) electrons. The first-order valence-corrected chi connectivity index (χ1v) is 21.6. The molecule has 8 atom stereocenters. The number of carbonyl (C=O) groups excluding carboxylic acids is 1. The van der Waals surface area contributed by atoms with Crippen LogP contribution >= 0.6 is 46.9 Å². The first-order chi connectivity index (χ1) is 28.5. The van der Waals surface area contributed by atoms with E-state index in [2.05, 4.69) is 86.0 Å². The molecule has 2 aliphatic carbocycles. The summed E-state index contributed by atoms with van der Waals surface area (Å²) in [6.07, 6.45) is 3.30. The van der Waals surface area contributed by atoms with Crippen LogP contribution in [0.15, 0.2) is 60.8 Å². The second kappa shape index (κ2) is 18.9. The minimum atomic E-state index is -1.03. The van der Waals surface area contributed by atoms with Gasteiger partial charge in [-0.1, -0.05) is 37.0 Å².